The summed E-state index contributed by atoms with van der Waals surface area (Å²) in [4.78, 5) is 9.82. The lowest BCUT2D eigenvalue weighted by molar-refractivity contribution is -0.389. The van der Waals surface area contributed by atoms with Crippen LogP contribution in [0.5, 0.6) is 0 Å². The first-order chi connectivity index (χ1) is 6.18. The maximum absolute atomic E-state index is 10.3. The van der Waals surface area contributed by atoms with Crippen LogP contribution in [0.4, 0.5) is 5.82 Å². The molecule has 5 nitrogen and oxygen atoms in total. The maximum Gasteiger partial charge on any atom is 0.342 e. The predicted octanol–water partition coefficient (Wildman–Crippen LogP) is 0.983. The van der Waals surface area contributed by atoms with E-state index in [0.29, 0.717) is 5.69 Å². The molecule has 0 atom stereocenters. The monoisotopic (exact) mass is 177 g/mol. The molecule has 0 amide bonds. The fourth-order valence-corrected chi connectivity index (χ4v) is 1.25. The quantitative estimate of drug-likeness (QED) is 0.416. The summed E-state index contributed by atoms with van der Waals surface area (Å²) in [6, 6.07) is 1.41. The van der Waals surface area contributed by atoms with E-state index in [9.17, 15) is 10.1 Å². The van der Waals surface area contributed by atoms with Crippen molar-refractivity contribution >= 4 is 5.82 Å². The molecule has 1 aliphatic carbocycles. The van der Waals surface area contributed by atoms with Gasteiger partial charge in [0.1, 0.15) is 5.69 Å². The molecule has 1 N–H and O–H groups in total. The van der Waals surface area contributed by atoms with Crippen LogP contribution in [-0.4, -0.2) is 15.1 Å². The molecule has 1 aliphatic rings. The highest BCUT2D eigenvalue weighted by Crippen LogP contribution is 2.47. The maximum atomic E-state index is 10.3. The van der Waals surface area contributed by atoms with Crippen molar-refractivity contribution in [2.75, 3.05) is 0 Å². The van der Waals surface area contributed by atoms with Gasteiger partial charge in [0.05, 0.1) is 11.5 Å². The van der Waals surface area contributed by atoms with Gasteiger partial charge in [0.15, 0.2) is 0 Å². The second kappa shape index (κ2) is 2.33. The van der Waals surface area contributed by atoms with E-state index in [1.54, 1.807) is 0 Å². The fraction of sp³-hybridized carbons (Fsp3) is 0.375. The summed E-state index contributed by atoms with van der Waals surface area (Å²) in [6.07, 6.45) is 7.05. The molecule has 1 aromatic rings. The molecule has 0 saturated heterocycles. The van der Waals surface area contributed by atoms with Gasteiger partial charge in [-0.15, -0.1) is 11.5 Å². The third kappa shape index (κ3) is 1.07. The van der Waals surface area contributed by atoms with Crippen molar-refractivity contribution in [3.63, 3.8) is 0 Å². The van der Waals surface area contributed by atoms with Crippen molar-refractivity contribution in [3.8, 4) is 12.3 Å². The van der Waals surface area contributed by atoms with Crippen LogP contribution >= 0.6 is 0 Å². The number of aromatic amines is 1. The Balaban J connectivity index is 2.34. The molecule has 0 aliphatic heterocycles. The number of hydrogen-bond donors (Lipinski definition) is 1. The van der Waals surface area contributed by atoms with E-state index in [1.807, 2.05) is 0 Å². The van der Waals surface area contributed by atoms with E-state index in [4.69, 9.17) is 6.42 Å². The summed E-state index contributed by atoms with van der Waals surface area (Å²) in [5, 5.41) is 16.5. The Bertz CT molecular complexity index is 398. The fourth-order valence-electron chi connectivity index (χ4n) is 1.25. The molecule has 1 fully saturated rings. The van der Waals surface area contributed by atoms with Crippen molar-refractivity contribution < 1.29 is 4.92 Å². The van der Waals surface area contributed by atoms with Crippen LogP contribution in [0, 0.1) is 22.5 Å². The third-order valence-electron chi connectivity index (χ3n) is 2.28. The molecule has 66 valence electrons. The first kappa shape index (κ1) is 7.80. The first-order valence-corrected chi connectivity index (χ1v) is 3.86. The summed E-state index contributed by atoms with van der Waals surface area (Å²) < 4.78 is 0. The highest BCUT2D eigenvalue weighted by atomic mass is 16.6. The van der Waals surface area contributed by atoms with Gasteiger partial charge in [-0.05, 0) is 17.8 Å². The van der Waals surface area contributed by atoms with Gasteiger partial charge in [-0.1, -0.05) is 11.0 Å². The van der Waals surface area contributed by atoms with Gasteiger partial charge in [0.25, 0.3) is 0 Å². The largest absolute Gasteiger partial charge is 0.358 e. The van der Waals surface area contributed by atoms with Crippen LogP contribution in [0.15, 0.2) is 6.07 Å². The predicted molar refractivity (Wildman–Crippen MR) is 45.0 cm³/mol. The topological polar surface area (TPSA) is 71.8 Å². The van der Waals surface area contributed by atoms with E-state index in [2.05, 4.69) is 16.1 Å². The minimum atomic E-state index is -0.511. The van der Waals surface area contributed by atoms with Gasteiger partial charge >= 0.3 is 5.82 Å². The number of hydrogen-bond acceptors (Lipinski definition) is 3. The van der Waals surface area contributed by atoms with E-state index >= 15 is 0 Å². The lowest BCUT2D eigenvalue weighted by Gasteiger charge is -1.97. The third-order valence-corrected chi connectivity index (χ3v) is 2.28. The van der Waals surface area contributed by atoms with Crippen LogP contribution < -0.4 is 0 Å². The Morgan fingerprint density at radius 2 is 2.46 bits per heavy atom. The Hall–Kier alpha value is -1.83. The van der Waals surface area contributed by atoms with Gasteiger partial charge in [-0.3, -0.25) is 0 Å². The van der Waals surface area contributed by atoms with Crippen LogP contribution in [-0.2, 0) is 5.41 Å². The molecule has 1 saturated carbocycles. The Labute approximate surface area is 74.3 Å². The molecule has 1 heterocycles. The molecule has 1 aromatic heterocycles. The number of H-pyrrole nitrogens is 1. The molecular formula is C8H7N3O2. The van der Waals surface area contributed by atoms with Gasteiger partial charge < -0.3 is 10.1 Å². The number of nitrogens with zero attached hydrogens (tertiary/aromatic N) is 2. The van der Waals surface area contributed by atoms with Crippen molar-refractivity contribution in [3.05, 3.63) is 21.9 Å². The number of rotatable bonds is 2. The number of terminal acetylenes is 1. The standard InChI is InChI=1S/C8H7N3O2/c1-2-8(3-4-8)6-5-7(10-9-6)11(12)13/h1,5H,3-4H2,(H,9,10). The van der Waals surface area contributed by atoms with E-state index in [1.165, 1.54) is 6.07 Å². The Morgan fingerprint density at radius 3 is 2.85 bits per heavy atom. The highest BCUT2D eigenvalue weighted by molar-refractivity contribution is 5.39. The average molecular weight is 177 g/mol. The summed E-state index contributed by atoms with van der Waals surface area (Å²) >= 11 is 0. The zero-order valence-electron chi connectivity index (χ0n) is 6.78. The van der Waals surface area contributed by atoms with Crippen molar-refractivity contribution in [2.24, 2.45) is 0 Å². The summed E-state index contributed by atoms with van der Waals surface area (Å²) in [7, 11) is 0. The zero-order valence-corrected chi connectivity index (χ0v) is 6.78. The van der Waals surface area contributed by atoms with Gasteiger partial charge in [0.2, 0.25) is 0 Å². The number of nitrogens with one attached hydrogen (secondary N) is 1. The number of nitro groups is 1. The molecule has 5 heteroatoms. The van der Waals surface area contributed by atoms with Gasteiger partial charge in [-0.2, -0.15) is 0 Å². The zero-order chi connectivity index (χ0) is 9.47. The van der Waals surface area contributed by atoms with Crippen molar-refractivity contribution in [1.82, 2.24) is 10.2 Å². The van der Waals surface area contributed by atoms with Crippen LogP contribution in [0.1, 0.15) is 18.5 Å². The second-order valence-corrected chi connectivity index (χ2v) is 3.12. The number of aromatic nitrogens is 2. The molecule has 0 aromatic carbocycles. The average Bonchev–Trinajstić information content (AvgIpc) is 2.75. The minimum Gasteiger partial charge on any atom is -0.358 e. The molecule has 2 rings (SSSR count). The molecular weight excluding hydrogens is 170 g/mol. The summed E-state index contributed by atoms with van der Waals surface area (Å²) in [5.74, 6) is 2.52. The summed E-state index contributed by atoms with van der Waals surface area (Å²) in [5.41, 5.74) is 0.284. The highest BCUT2D eigenvalue weighted by Gasteiger charge is 2.46. The SMILES string of the molecule is C#CC1(c2cc([N+](=O)[O-])[nH]n2)CC1. The molecule has 0 unspecified atom stereocenters. The lowest BCUT2D eigenvalue weighted by Crippen LogP contribution is -2.02. The minimum absolute atomic E-state index is 0.100. The van der Waals surface area contributed by atoms with Crippen LogP contribution in [0.25, 0.3) is 0 Å². The van der Waals surface area contributed by atoms with Crippen molar-refractivity contribution in [1.29, 1.82) is 0 Å². The van der Waals surface area contributed by atoms with Gasteiger partial charge in [0, 0.05) is 0 Å². The normalized spacial score (nSPS) is 17.8. The molecule has 0 spiro atoms. The van der Waals surface area contributed by atoms with Gasteiger partial charge in [-0.25, -0.2) is 0 Å². The van der Waals surface area contributed by atoms with Crippen molar-refractivity contribution in [2.45, 2.75) is 18.3 Å². The Morgan fingerprint density at radius 1 is 1.77 bits per heavy atom. The molecule has 0 bridgehead atoms. The summed E-state index contributed by atoms with van der Waals surface area (Å²) in [6.45, 7) is 0. The first-order valence-electron chi connectivity index (χ1n) is 3.86. The van der Waals surface area contributed by atoms with Crippen LogP contribution in [0.3, 0.4) is 0 Å². The Kier molecular flexibility index (Phi) is 1.40. The molecule has 0 radical (unpaired) electrons. The second-order valence-electron chi connectivity index (χ2n) is 3.12. The van der Waals surface area contributed by atoms with E-state index in [0.717, 1.165) is 12.8 Å². The lowest BCUT2D eigenvalue weighted by atomic mass is 10.0. The van der Waals surface area contributed by atoms with E-state index in [-0.39, 0.29) is 11.2 Å². The smallest absolute Gasteiger partial charge is 0.342 e. The molecule has 13 heavy (non-hydrogen) atoms. The van der Waals surface area contributed by atoms with Crippen LogP contribution in [0.2, 0.25) is 0 Å². The van der Waals surface area contributed by atoms with E-state index < -0.39 is 4.92 Å².